The molecule has 19 heavy (non-hydrogen) atoms. The molecule has 0 aliphatic carbocycles. The maximum absolute atomic E-state index is 10.8. The van der Waals surface area contributed by atoms with Crippen molar-refractivity contribution in [2.45, 2.75) is 19.8 Å². The van der Waals surface area contributed by atoms with Crippen molar-refractivity contribution in [2.24, 2.45) is 0 Å². The molecular formula is C17H18O2. The Hall–Kier alpha value is -2.09. The summed E-state index contributed by atoms with van der Waals surface area (Å²) in [5, 5.41) is 0. The van der Waals surface area contributed by atoms with Gasteiger partial charge in [0.2, 0.25) is 0 Å². The molecule has 2 nitrogen and oxygen atoms in total. The van der Waals surface area contributed by atoms with Crippen molar-refractivity contribution in [2.75, 3.05) is 6.61 Å². The van der Waals surface area contributed by atoms with E-state index in [9.17, 15) is 4.79 Å². The summed E-state index contributed by atoms with van der Waals surface area (Å²) in [4.78, 5) is 10.8. The minimum absolute atomic E-state index is 0.216. The van der Waals surface area contributed by atoms with E-state index in [-0.39, 0.29) is 11.9 Å². The van der Waals surface area contributed by atoms with Crippen LogP contribution in [0.5, 0.6) is 0 Å². The summed E-state index contributed by atoms with van der Waals surface area (Å²) in [6.07, 6.45) is 0. The number of hydrogen-bond donors (Lipinski definition) is 0. The van der Waals surface area contributed by atoms with Crippen LogP contribution in [0.1, 0.15) is 25.3 Å². The highest BCUT2D eigenvalue weighted by atomic mass is 16.5. The molecule has 0 fully saturated rings. The maximum atomic E-state index is 10.8. The van der Waals surface area contributed by atoms with Gasteiger partial charge in [-0.25, -0.2) is 0 Å². The summed E-state index contributed by atoms with van der Waals surface area (Å²) in [6.45, 7) is 3.92. The lowest BCUT2D eigenvalue weighted by molar-refractivity contribution is -0.141. The SMILES string of the molecule is CC(=O)OCC(C)c1ccc(-c2ccccc2)cc1. The van der Waals surface area contributed by atoms with E-state index >= 15 is 0 Å². The summed E-state index contributed by atoms with van der Waals surface area (Å²) in [5.41, 5.74) is 3.59. The molecule has 1 unspecified atom stereocenters. The lowest BCUT2D eigenvalue weighted by atomic mass is 9.98. The zero-order chi connectivity index (χ0) is 13.7. The second-order valence-corrected chi connectivity index (χ2v) is 4.69. The van der Waals surface area contributed by atoms with Gasteiger partial charge in [-0.2, -0.15) is 0 Å². The zero-order valence-corrected chi connectivity index (χ0v) is 11.3. The predicted octanol–water partition coefficient (Wildman–Crippen LogP) is 4.02. The fourth-order valence-corrected chi connectivity index (χ4v) is 1.97. The van der Waals surface area contributed by atoms with Crippen LogP contribution in [-0.4, -0.2) is 12.6 Å². The summed E-state index contributed by atoms with van der Waals surface area (Å²) in [7, 11) is 0. The number of esters is 1. The van der Waals surface area contributed by atoms with Gasteiger partial charge in [-0.15, -0.1) is 0 Å². The predicted molar refractivity (Wildman–Crippen MR) is 76.9 cm³/mol. The van der Waals surface area contributed by atoms with E-state index in [0.29, 0.717) is 6.61 Å². The Morgan fingerprint density at radius 1 is 1.00 bits per heavy atom. The van der Waals surface area contributed by atoms with Crippen molar-refractivity contribution in [1.82, 2.24) is 0 Å². The van der Waals surface area contributed by atoms with Crippen LogP contribution < -0.4 is 0 Å². The molecule has 0 heterocycles. The first-order valence-electron chi connectivity index (χ1n) is 6.45. The van der Waals surface area contributed by atoms with Gasteiger partial charge in [0.1, 0.15) is 0 Å². The molecule has 0 N–H and O–H groups in total. The quantitative estimate of drug-likeness (QED) is 0.770. The summed E-state index contributed by atoms with van der Waals surface area (Å²) >= 11 is 0. The highest BCUT2D eigenvalue weighted by molar-refractivity contribution is 5.66. The lowest BCUT2D eigenvalue weighted by Crippen LogP contribution is -2.07. The van der Waals surface area contributed by atoms with Gasteiger partial charge >= 0.3 is 5.97 Å². The van der Waals surface area contributed by atoms with E-state index in [1.54, 1.807) is 0 Å². The Balaban J connectivity index is 2.08. The molecule has 0 saturated carbocycles. The van der Waals surface area contributed by atoms with Crippen LogP contribution in [0.4, 0.5) is 0 Å². The Morgan fingerprint density at radius 3 is 2.16 bits per heavy atom. The second-order valence-electron chi connectivity index (χ2n) is 4.69. The van der Waals surface area contributed by atoms with E-state index < -0.39 is 0 Å². The third-order valence-electron chi connectivity index (χ3n) is 3.12. The number of carbonyl (C=O) groups excluding carboxylic acids is 1. The zero-order valence-electron chi connectivity index (χ0n) is 11.3. The summed E-state index contributed by atoms with van der Waals surface area (Å²) in [6, 6.07) is 18.7. The van der Waals surface area contributed by atoms with Crippen molar-refractivity contribution >= 4 is 5.97 Å². The third-order valence-corrected chi connectivity index (χ3v) is 3.12. The van der Waals surface area contributed by atoms with Crippen LogP contribution in [0.3, 0.4) is 0 Å². The smallest absolute Gasteiger partial charge is 0.302 e. The first kappa shape index (κ1) is 13.3. The Labute approximate surface area is 114 Å². The van der Waals surface area contributed by atoms with E-state index in [1.807, 2.05) is 18.2 Å². The molecule has 0 aliphatic rings. The van der Waals surface area contributed by atoms with Crippen molar-refractivity contribution in [3.8, 4) is 11.1 Å². The number of ether oxygens (including phenoxy) is 1. The Morgan fingerprint density at radius 2 is 1.58 bits per heavy atom. The second kappa shape index (κ2) is 6.19. The molecule has 2 heteroatoms. The standard InChI is InChI=1S/C17H18O2/c1-13(12-19-14(2)18)15-8-10-17(11-9-15)16-6-4-3-5-7-16/h3-11,13H,12H2,1-2H3. The number of benzene rings is 2. The fraction of sp³-hybridized carbons (Fsp3) is 0.235. The van der Waals surface area contributed by atoms with Crippen LogP contribution >= 0.6 is 0 Å². The Bertz CT molecular complexity index is 529. The highest BCUT2D eigenvalue weighted by Gasteiger charge is 2.07. The number of carbonyl (C=O) groups is 1. The van der Waals surface area contributed by atoms with E-state index in [2.05, 4.69) is 43.3 Å². The van der Waals surface area contributed by atoms with E-state index in [0.717, 1.165) is 0 Å². The van der Waals surface area contributed by atoms with E-state index in [4.69, 9.17) is 4.74 Å². The van der Waals surface area contributed by atoms with Crippen molar-refractivity contribution < 1.29 is 9.53 Å². The minimum Gasteiger partial charge on any atom is -0.465 e. The van der Waals surface area contributed by atoms with Crippen LogP contribution in [0.15, 0.2) is 54.6 Å². The molecule has 0 amide bonds. The van der Waals surface area contributed by atoms with Gasteiger partial charge in [0.25, 0.3) is 0 Å². The fourth-order valence-electron chi connectivity index (χ4n) is 1.97. The van der Waals surface area contributed by atoms with Gasteiger partial charge in [-0.05, 0) is 16.7 Å². The van der Waals surface area contributed by atoms with Crippen LogP contribution in [0.25, 0.3) is 11.1 Å². The highest BCUT2D eigenvalue weighted by Crippen LogP contribution is 2.22. The molecule has 0 bridgehead atoms. The number of rotatable bonds is 4. The molecule has 98 valence electrons. The minimum atomic E-state index is -0.229. The average molecular weight is 254 g/mol. The monoisotopic (exact) mass is 254 g/mol. The van der Waals surface area contributed by atoms with Crippen molar-refractivity contribution in [1.29, 1.82) is 0 Å². The largest absolute Gasteiger partial charge is 0.465 e. The first-order chi connectivity index (χ1) is 9.16. The average Bonchev–Trinajstić information content (AvgIpc) is 2.46. The molecule has 0 radical (unpaired) electrons. The molecule has 0 spiro atoms. The van der Waals surface area contributed by atoms with Gasteiger partial charge in [0.05, 0.1) is 6.61 Å². The topological polar surface area (TPSA) is 26.3 Å². The van der Waals surface area contributed by atoms with Gasteiger partial charge < -0.3 is 4.74 Å². The molecule has 0 aliphatic heterocycles. The summed E-state index contributed by atoms with van der Waals surface area (Å²) < 4.78 is 5.03. The first-order valence-corrected chi connectivity index (χ1v) is 6.45. The third kappa shape index (κ3) is 3.68. The van der Waals surface area contributed by atoms with Crippen molar-refractivity contribution in [3.63, 3.8) is 0 Å². The van der Waals surface area contributed by atoms with Crippen molar-refractivity contribution in [3.05, 3.63) is 60.2 Å². The normalized spacial score (nSPS) is 11.9. The molecule has 2 aromatic carbocycles. The molecule has 2 rings (SSSR count). The molecule has 0 aromatic heterocycles. The number of hydrogen-bond acceptors (Lipinski definition) is 2. The molecule has 2 aromatic rings. The van der Waals surface area contributed by atoms with Crippen LogP contribution in [-0.2, 0) is 9.53 Å². The van der Waals surface area contributed by atoms with Crippen LogP contribution in [0.2, 0.25) is 0 Å². The molecule has 1 atom stereocenters. The molecular weight excluding hydrogens is 236 g/mol. The lowest BCUT2D eigenvalue weighted by Gasteiger charge is -2.12. The van der Waals surface area contributed by atoms with Gasteiger partial charge in [0, 0.05) is 12.8 Å². The summed E-state index contributed by atoms with van der Waals surface area (Å²) in [5.74, 6) is -0.0125. The van der Waals surface area contributed by atoms with E-state index in [1.165, 1.54) is 23.6 Å². The van der Waals surface area contributed by atoms with Crippen LogP contribution in [0, 0.1) is 0 Å². The Kier molecular flexibility index (Phi) is 4.35. The van der Waals surface area contributed by atoms with Gasteiger partial charge in [-0.3, -0.25) is 4.79 Å². The van der Waals surface area contributed by atoms with Gasteiger partial charge in [0.15, 0.2) is 0 Å². The van der Waals surface area contributed by atoms with Gasteiger partial charge in [-0.1, -0.05) is 61.5 Å². The maximum Gasteiger partial charge on any atom is 0.302 e. The molecule has 0 saturated heterocycles.